The van der Waals surface area contributed by atoms with Crippen molar-refractivity contribution in [1.82, 2.24) is 15.5 Å². The summed E-state index contributed by atoms with van der Waals surface area (Å²) in [6.45, 7) is 3.74. The second-order valence-corrected chi connectivity index (χ2v) is 6.59. The number of nitrogens with zero attached hydrogens (tertiary/aromatic N) is 1. The first kappa shape index (κ1) is 17.0. The number of benzene rings is 1. The molecule has 128 valence electrons. The van der Waals surface area contributed by atoms with Crippen LogP contribution in [-0.4, -0.2) is 29.6 Å². The average molecular weight is 343 g/mol. The van der Waals surface area contributed by atoms with Crippen molar-refractivity contribution in [3.05, 3.63) is 60.1 Å². The van der Waals surface area contributed by atoms with Crippen molar-refractivity contribution in [3.8, 4) is 0 Å². The highest BCUT2D eigenvalue weighted by molar-refractivity contribution is 7.80. The molecule has 2 aromatic rings. The van der Waals surface area contributed by atoms with Crippen molar-refractivity contribution in [2.24, 2.45) is 0 Å². The molecule has 0 aliphatic carbocycles. The molecule has 0 saturated carbocycles. The maximum atomic E-state index is 5.67. The van der Waals surface area contributed by atoms with Crippen molar-refractivity contribution in [2.75, 3.05) is 19.6 Å². The lowest BCUT2D eigenvalue weighted by molar-refractivity contribution is 0.146. The lowest BCUT2D eigenvalue weighted by Gasteiger charge is -2.33. The lowest BCUT2D eigenvalue weighted by atomic mass is 10.1. The third kappa shape index (κ3) is 4.82. The van der Waals surface area contributed by atoms with Crippen molar-refractivity contribution in [1.29, 1.82) is 0 Å². The molecule has 1 atom stereocenters. The number of piperidine rings is 1. The Hall–Kier alpha value is -1.85. The molecular formula is C19H25N3OS. The van der Waals surface area contributed by atoms with E-state index >= 15 is 0 Å². The number of thiocarbonyl (C=S) groups is 1. The average Bonchev–Trinajstić information content (AvgIpc) is 3.16. The van der Waals surface area contributed by atoms with Crippen LogP contribution in [0.5, 0.6) is 0 Å². The van der Waals surface area contributed by atoms with Gasteiger partial charge in [0.1, 0.15) is 5.76 Å². The van der Waals surface area contributed by atoms with Crippen molar-refractivity contribution >= 4 is 17.3 Å². The van der Waals surface area contributed by atoms with Gasteiger partial charge in [0.2, 0.25) is 0 Å². The van der Waals surface area contributed by atoms with Gasteiger partial charge in [0.05, 0.1) is 12.3 Å². The summed E-state index contributed by atoms with van der Waals surface area (Å²) >= 11 is 5.43. The Morgan fingerprint density at radius 3 is 2.54 bits per heavy atom. The molecule has 1 aliphatic heterocycles. The van der Waals surface area contributed by atoms with Crippen LogP contribution in [0.1, 0.15) is 36.6 Å². The van der Waals surface area contributed by atoms with Gasteiger partial charge in [-0.1, -0.05) is 36.8 Å². The van der Waals surface area contributed by atoms with Gasteiger partial charge < -0.3 is 15.1 Å². The predicted molar refractivity (Wildman–Crippen MR) is 101 cm³/mol. The van der Waals surface area contributed by atoms with E-state index in [2.05, 4.69) is 33.7 Å². The van der Waals surface area contributed by atoms with Crippen LogP contribution >= 0.6 is 12.2 Å². The molecule has 0 bridgehead atoms. The topological polar surface area (TPSA) is 40.4 Å². The number of rotatable bonds is 6. The Labute approximate surface area is 149 Å². The molecule has 24 heavy (non-hydrogen) atoms. The quantitative estimate of drug-likeness (QED) is 0.786. The van der Waals surface area contributed by atoms with E-state index < -0.39 is 0 Å². The second kappa shape index (κ2) is 8.85. The van der Waals surface area contributed by atoms with Crippen LogP contribution in [0.15, 0.2) is 53.1 Å². The van der Waals surface area contributed by atoms with Gasteiger partial charge >= 0.3 is 0 Å². The highest BCUT2D eigenvalue weighted by atomic mass is 32.1. The molecule has 1 aromatic heterocycles. The van der Waals surface area contributed by atoms with E-state index in [9.17, 15) is 0 Å². The first-order valence-electron chi connectivity index (χ1n) is 8.66. The van der Waals surface area contributed by atoms with Crippen molar-refractivity contribution < 1.29 is 4.42 Å². The van der Waals surface area contributed by atoms with Gasteiger partial charge in [-0.05, 0) is 55.8 Å². The zero-order valence-electron chi connectivity index (χ0n) is 13.9. The van der Waals surface area contributed by atoms with Crippen molar-refractivity contribution in [2.45, 2.75) is 31.8 Å². The third-order valence-corrected chi connectivity index (χ3v) is 4.74. The van der Waals surface area contributed by atoms with Gasteiger partial charge in [0.15, 0.2) is 5.11 Å². The summed E-state index contributed by atoms with van der Waals surface area (Å²) in [6, 6.07) is 14.5. The Morgan fingerprint density at radius 2 is 1.83 bits per heavy atom. The summed E-state index contributed by atoms with van der Waals surface area (Å²) in [5, 5.41) is 7.32. The Balaban J connectivity index is 1.52. The highest BCUT2D eigenvalue weighted by Gasteiger charge is 2.24. The van der Waals surface area contributed by atoms with Gasteiger partial charge in [-0.2, -0.15) is 0 Å². The third-order valence-electron chi connectivity index (χ3n) is 4.45. The molecule has 1 aromatic carbocycles. The minimum Gasteiger partial charge on any atom is -0.468 e. The standard InChI is InChI=1S/C19H25N3OS/c24-19(20-14-16-8-3-1-4-9-16)21-15-17(18-10-7-13-23-18)22-11-5-2-6-12-22/h1,3-4,7-10,13,17H,2,5-6,11-12,14-15H2,(H2,20,21,24)/t17-/m0/s1. The van der Waals surface area contributed by atoms with E-state index in [1.807, 2.05) is 24.3 Å². The molecule has 4 nitrogen and oxygen atoms in total. The van der Waals surface area contributed by atoms with Crippen molar-refractivity contribution in [3.63, 3.8) is 0 Å². The van der Waals surface area contributed by atoms with Gasteiger partial charge in [-0.3, -0.25) is 4.90 Å². The molecule has 1 aliphatic rings. The number of hydrogen-bond acceptors (Lipinski definition) is 3. The summed E-state index contributed by atoms with van der Waals surface area (Å²) in [5.74, 6) is 1.01. The monoisotopic (exact) mass is 343 g/mol. The predicted octanol–water partition coefficient (Wildman–Crippen LogP) is 3.47. The highest BCUT2D eigenvalue weighted by Crippen LogP contribution is 2.24. The first-order valence-corrected chi connectivity index (χ1v) is 9.07. The van der Waals surface area contributed by atoms with E-state index in [-0.39, 0.29) is 6.04 Å². The minimum absolute atomic E-state index is 0.233. The summed E-state index contributed by atoms with van der Waals surface area (Å²) in [7, 11) is 0. The van der Waals surface area contributed by atoms with Crippen LogP contribution in [0.4, 0.5) is 0 Å². The molecule has 0 radical (unpaired) electrons. The van der Waals surface area contributed by atoms with Crippen LogP contribution in [-0.2, 0) is 6.54 Å². The Morgan fingerprint density at radius 1 is 1.04 bits per heavy atom. The van der Waals surface area contributed by atoms with Crippen LogP contribution < -0.4 is 10.6 Å². The maximum Gasteiger partial charge on any atom is 0.166 e. The van der Waals surface area contributed by atoms with E-state index in [1.54, 1.807) is 6.26 Å². The van der Waals surface area contributed by atoms with E-state index in [0.717, 1.165) is 31.9 Å². The SMILES string of the molecule is S=C(NCc1ccccc1)NC[C@@H](c1ccco1)N1CCCCC1. The largest absolute Gasteiger partial charge is 0.468 e. The van der Waals surface area contributed by atoms with E-state index in [0.29, 0.717) is 5.11 Å². The van der Waals surface area contributed by atoms with Crippen LogP contribution in [0, 0.1) is 0 Å². The van der Waals surface area contributed by atoms with Gasteiger partial charge in [-0.25, -0.2) is 0 Å². The zero-order valence-corrected chi connectivity index (χ0v) is 14.7. The summed E-state index contributed by atoms with van der Waals surface area (Å²) in [6.07, 6.45) is 5.59. The molecule has 1 saturated heterocycles. The van der Waals surface area contributed by atoms with Crippen LogP contribution in [0.2, 0.25) is 0 Å². The molecule has 5 heteroatoms. The molecule has 2 heterocycles. The van der Waals surface area contributed by atoms with Gasteiger partial charge in [0, 0.05) is 13.1 Å². The number of likely N-dealkylation sites (tertiary alicyclic amines) is 1. The summed E-state index contributed by atoms with van der Waals surface area (Å²) < 4.78 is 5.67. The van der Waals surface area contributed by atoms with E-state index in [4.69, 9.17) is 16.6 Å². The van der Waals surface area contributed by atoms with Crippen LogP contribution in [0.3, 0.4) is 0 Å². The fourth-order valence-corrected chi connectivity index (χ4v) is 3.31. The smallest absolute Gasteiger partial charge is 0.166 e. The molecule has 0 unspecified atom stereocenters. The zero-order chi connectivity index (χ0) is 16.6. The number of furan rings is 1. The van der Waals surface area contributed by atoms with Crippen LogP contribution in [0.25, 0.3) is 0 Å². The fourth-order valence-electron chi connectivity index (χ4n) is 3.15. The Bertz CT molecular complexity index is 609. The normalized spacial score (nSPS) is 16.5. The number of hydrogen-bond donors (Lipinski definition) is 2. The van der Waals surface area contributed by atoms with E-state index in [1.165, 1.54) is 24.8 Å². The molecule has 0 spiro atoms. The summed E-state index contributed by atoms with van der Waals surface area (Å²) in [5.41, 5.74) is 1.22. The molecule has 0 amide bonds. The molecular weight excluding hydrogens is 318 g/mol. The Kier molecular flexibility index (Phi) is 6.26. The molecule has 3 rings (SSSR count). The number of nitrogens with one attached hydrogen (secondary N) is 2. The maximum absolute atomic E-state index is 5.67. The lowest BCUT2D eigenvalue weighted by Crippen LogP contribution is -2.43. The first-order chi connectivity index (χ1) is 11.8. The van der Waals surface area contributed by atoms with Gasteiger partial charge in [-0.15, -0.1) is 0 Å². The second-order valence-electron chi connectivity index (χ2n) is 6.18. The van der Waals surface area contributed by atoms with Gasteiger partial charge in [0.25, 0.3) is 0 Å². The fraction of sp³-hybridized carbons (Fsp3) is 0.421. The molecule has 2 N–H and O–H groups in total. The minimum atomic E-state index is 0.233. The summed E-state index contributed by atoms with van der Waals surface area (Å²) in [4.78, 5) is 2.50. The molecule has 1 fully saturated rings.